The van der Waals surface area contributed by atoms with Crippen LogP contribution in [0.4, 0.5) is 11.8 Å². The van der Waals surface area contributed by atoms with E-state index in [1.165, 1.54) is 50.3 Å². The van der Waals surface area contributed by atoms with E-state index in [1.807, 2.05) is 12.1 Å². The minimum Gasteiger partial charge on any atom is -0.387 e. The van der Waals surface area contributed by atoms with Crippen molar-refractivity contribution in [3.05, 3.63) is 78.1 Å². The molecule has 1 aliphatic heterocycles. The molecule has 0 amide bonds. The molecule has 0 unspecified atom stereocenters. The number of aliphatic hydroxyl groups excluding tert-OH is 2. The SMILES string of the molecule is COC[C@H]1O[C@@H](n2cnc3c(NCC(c4ccccc4)c4ccccc4)nc(NCCC4CCCCC4)nc32)[C@H](O)[C@@H]1O. The van der Waals surface area contributed by atoms with Crippen LogP contribution in [0.3, 0.4) is 0 Å². The predicted octanol–water partition coefficient (Wildman–Crippen LogP) is 4.72. The first kappa shape index (κ1) is 29.5. The largest absolute Gasteiger partial charge is 0.387 e. The van der Waals surface area contributed by atoms with Gasteiger partial charge in [-0.15, -0.1) is 0 Å². The second-order valence-electron chi connectivity index (χ2n) is 11.7. The number of hydrogen-bond donors (Lipinski definition) is 4. The number of anilines is 2. The molecule has 2 aromatic heterocycles. The van der Waals surface area contributed by atoms with Gasteiger partial charge in [0.1, 0.15) is 18.3 Å². The first-order valence-corrected chi connectivity index (χ1v) is 15.4. The van der Waals surface area contributed by atoms with E-state index in [9.17, 15) is 10.2 Å². The molecule has 4 aromatic rings. The lowest BCUT2D eigenvalue weighted by Gasteiger charge is -2.22. The van der Waals surface area contributed by atoms with Gasteiger partial charge in [-0.2, -0.15) is 9.97 Å². The van der Waals surface area contributed by atoms with E-state index >= 15 is 0 Å². The molecule has 2 aliphatic rings. The Balaban J connectivity index is 1.30. The quantitative estimate of drug-likeness (QED) is 0.187. The fourth-order valence-electron chi connectivity index (χ4n) is 6.43. The zero-order valence-corrected chi connectivity index (χ0v) is 24.7. The van der Waals surface area contributed by atoms with Crippen LogP contribution in [0.2, 0.25) is 0 Å². The molecule has 0 bridgehead atoms. The van der Waals surface area contributed by atoms with Gasteiger partial charge in [0, 0.05) is 26.1 Å². The topological polar surface area (TPSA) is 127 Å². The highest BCUT2D eigenvalue weighted by Crippen LogP contribution is 2.34. The summed E-state index contributed by atoms with van der Waals surface area (Å²) in [5.74, 6) is 1.90. The van der Waals surface area contributed by atoms with Crippen molar-refractivity contribution in [2.45, 2.75) is 69.0 Å². The lowest BCUT2D eigenvalue weighted by atomic mass is 9.87. The van der Waals surface area contributed by atoms with Crippen LogP contribution in [0.25, 0.3) is 11.2 Å². The van der Waals surface area contributed by atoms with Crippen molar-refractivity contribution in [1.29, 1.82) is 0 Å². The van der Waals surface area contributed by atoms with E-state index in [-0.39, 0.29) is 12.5 Å². The number of hydrogen-bond acceptors (Lipinski definition) is 9. The van der Waals surface area contributed by atoms with Gasteiger partial charge in [0.2, 0.25) is 5.95 Å². The summed E-state index contributed by atoms with van der Waals surface area (Å²) >= 11 is 0. The highest BCUT2D eigenvalue weighted by molar-refractivity contribution is 5.84. The van der Waals surface area contributed by atoms with Gasteiger partial charge in [-0.3, -0.25) is 4.57 Å². The molecule has 6 rings (SSSR count). The number of benzene rings is 2. The van der Waals surface area contributed by atoms with Gasteiger partial charge >= 0.3 is 0 Å². The minimum absolute atomic E-state index is 0.0853. The second kappa shape index (κ2) is 13.8. The third-order valence-corrected chi connectivity index (χ3v) is 8.80. The monoisotopic (exact) mass is 586 g/mol. The standard InChI is InChI=1S/C33H42N6O4/c1-42-20-26-28(40)29(41)32(43-26)39-21-36-27-30(37-33(38-31(27)39)34-18-17-22-11-5-2-6-12-22)35-19-25(23-13-7-3-8-14-23)24-15-9-4-10-16-24/h3-4,7-10,13-16,21-22,25-26,28-29,32,40-41H,2,5-6,11-12,17-20H2,1H3,(H2,34,35,37,38)/t26-,28-,29-,32-/m1/s1. The van der Waals surface area contributed by atoms with Crippen molar-refractivity contribution in [1.82, 2.24) is 19.5 Å². The van der Waals surface area contributed by atoms with Crippen LogP contribution >= 0.6 is 0 Å². The third-order valence-electron chi connectivity index (χ3n) is 8.80. The number of nitrogens with one attached hydrogen (secondary N) is 2. The summed E-state index contributed by atoms with van der Waals surface area (Å²) in [6.45, 7) is 1.53. The number of aromatic nitrogens is 4. The van der Waals surface area contributed by atoms with Crippen LogP contribution in [0, 0.1) is 5.92 Å². The van der Waals surface area contributed by atoms with Gasteiger partial charge in [0.15, 0.2) is 23.2 Å². The Hall–Kier alpha value is -3.57. The molecule has 4 N–H and O–H groups in total. The summed E-state index contributed by atoms with van der Waals surface area (Å²) in [5, 5.41) is 28.5. The van der Waals surface area contributed by atoms with E-state index in [0.717, 1.165) is 18.9 Å². The second-order valence-corrected chi connectivity index (χ2v) is 11.7. The lowest BCUT2D eigenvalue weighted by molar-refractivity contribution is -0.0580. The Kier molecular flexibility index (Phi) is 9.48. The molecule has 2 aromatic carbocycles. The molecule has 0 radical (unpaired) electrons. The number of rotatable bonds is 12. The van der Waals surface area contributed by atoms with E-state index in [4.69, 9.17) is 19.4 Å². The van der Waals surface area contributed by atoms with Crippen LogP contribution in [-0.2, 0) is 9.47 Å². The summed E-state index contributed by atoms with van der Waals surface area (Å²) in [6, 6.07) is 20.8. The Morgan fingerprint density at radius 3 is 2.30 bits per heavy atom. The number of ether oxygens (including phenoxy) is 2. The fourth-order valence-corrected chi connectivity index (χ4v) is 6.43. The number of methoxy groups -OCH3 is 1. The average Bonchev–Trinajstić information content (AvgIpc) is 3.59. The van der Waals surface area contributed by atoms with Gasteiger partial charge < -0.3 is 30.3 Å². The van der Waals surface area contributed by atoms with Gasteiger partial charge in [-0.05, 0) is 23.5 Å². The van der Waals surface area contributed by atoms with Crippen molar-refractivity contribution >= 4 is 22.9 Å². The van der Waals surface area contributed by atoms with Crippen LogP contribution in [0.15, 0.2) is 67.0 Å². The molecule has 1 aliphatic carbocycles. The fraction of sp³-hybridized carbons (Fsp3) is 0.485. The molecule has 3 heterocycles. The molecule has 10 heteroatoms. The normalized spacial score (nSPS) is 22.8. The summed E-state index contributed by atoms with van der Waals surface area (Å²) < 4.78 is 12.9. The van der Waals surface area contributed by atoms with Crippen LogP contribution in [0.5, 0.6) is 0 Å². The molecule has 4 atom stereocenters. The van der Waals surface area contributed by atoms with Gasteiger partial charge in [-0.25, -0.2) is 4.98 Å². The number of fused-ring (bicyclic) bond motifs is 1. The Morgan fingerprint density at radius 2 is 1.63 bits per heavy atom. The van der Waals surface area contributed by atoms with E-state index in [1.54, 1.807) is 10.9 Å². The Morgan fingerprint density at radius 1 is 0.930 bits per heavy atom. The van der Waals surface area contributed by atoms with Crippen molar-refractivity contribution in [3.63, 3.8) is 0 Å². The van der Waals surface area contributed by atoms with Crippen molar-refractivity contribution in [2.75, 3.05) is 37.4 Å². The molecular weight excluding hydrogens is 544 g/mol. The minimum atomic E-state index is -1.16. The van der Waals surface area contributed by atoms with E-state index < -0.39 is 24.5 Å². The summed E-state index contributed by atoms with van der Waals surface area (Å²) in [5.41, 5.74) is 3.48. The molecule has 43 heavy (non-hydrogen) atoms. The van der Waals surface area contributed by atoms with Crippen molar-refractivity contribution in [2.24, 2.45) is 5.92 Å². The number of imidazole rings is 1. The molecule has 1 saturated carbocycles. The number of nitrogens with zero attached hydrogens (tertiary/aromatic N) is 4. The first-order valence-electron chi connectivity index (χ1n) is 15.4. The van der Waals surface area contributed by atoms with E-state index in [2.05, 4.69) is 64.1 Å². The molecule has 1 saturated heterocycles. The average molecular weight is 587 g/mol. The highest BCUT2D eigenvalue weighted by atomic mass is 16.6. The van der Waals surface area contributed by atoms with Crippen molar-refractivity contribution in [3.8, 4) is 0 Å². The van der Waals surface area contributed by atoms with Crippen LogP contribution in [-0.4, -0.2) is 74.9 Å². The molecule has 0 spiro atoms. The zero-order valence-electron chi connectivity index (χ0n) is 24.7. The van der Waals surface area contributed by atoms with Crippen molar-refractivity contribution < 1.29 is 19.7 Å². The Labute approximate surface area is 252 Å². The first-order chi connectivity index (χ1) is 21.1. The van der Waals surface area contributed by atoms with Gasteiger partial charge in [0.25, 0.3) is 0 Å². The predicted molar refractivity (Wildman–Crippen MR) is 166 cm³/mol. The summed E-state index contributed by atoms with van der Waals surface area (Å²) in [4.78, 5) is 14.4. The summed E-state index contributed by atoms with van der Waals surface area (Å²) in [7, 11) is 1.54. The maximum atomic E-state index is 10.9. The molecule has 228 valence electrons. The van der Waals surface area contributed by atoms with Crippen LogP contribution in [0.1, 0.15) is 61.8 Å². The summed E-state index contributed by atoms with van der Waals surface area (Å²) in [6.07, 6.45) is 5.42. The Bertz CT molecular complexity index is 1410. The maximum Gasteiger partial charge on any atom is 0.226 e. The molecule has 2 fully saturated rings. The third kappa shape index (κ3) is 6.67. The number of aliphatic hydroxyl groups is 2. The van der Waals surface area contributed by atoms with Crippen LogP contribution < -0.4 is 10.6 Å². The molecular formula is C33H42N6O4. The highest BCUT2D eigenvalue weighted by Gasteiger charge is 2.44. The maximum absolute atomic E-state index is 10.9. The van der Waals surface area contributed by atoms with Gasteiger partial charge in [-0.1, -0.05) is 92.8 Å². The smallest absolute Gasteiger partial charge is 0.226 e. The zero-order chi connectivity index (χ0) is 29.6. The van der Waals surface area contributed by atoms with E-state index in [0.29, 0.717) is 29.5 Å². The molecule has 10 nitrogen and oxygen atoms in total. The van der Waals surface area contributed by atoms with Gasteiger partial charge in [0.05, 0.1) is 12.9 Å². The lowest BCUT2D eigenvalue weighted by Crippen LogP contribution is -2.33.